The summed E-state index contributed by atoms with van der Waals surface area (Å²) in [6.45, 7) is 3.63. The van der Waals surface area contributed by atoms with Gasteiger partial charge >= 0.3 is 5.97 Å². The summed E-state index contributed by atoms with van der Waals surface area (Å²) in [5.74, 6) is -0.906. The van der Waals surface area contributed by atoms with E-state index in [4.69, 9.17) is 5.11 Å². The molecule has 0 spiro atoms. The quantitative estimate of drug-likeness (QED) is 0.564. The Kier molecular flexibility index (Phi) is 3.18. The van der Waals surface area contributed by atoms with Gasteiger partial charge in [0.2, 0.25) is 0 Å². The van der Waals surface area contributed by atoms with Crippen LogP contribution in [0.3, 0.4) is 0 Å². The first-order chi connectivity index (χ1) is 10.1. The molecule has 3 heteroatoms. The van der Waals surface area contributed by atoms with Crippen LogP contribution < -0.4 is 0 Å². The molecule has 0 aliphatic heterocycles. The third-order valence-corrected chi connectivity index (χ3v) is 3.58. The molecule has 3 nitrogen and oxygen atoms in total. The molecule has 1 aromatic heterocycles. The van der Waals surface area contributed by atoms with Crippen molar-refractivity contribution in [2.45, 2.75) is 13.8 Å². The topological polar surface area (TPSA) is 50.2 Å². The van der Waals surface area contributed by atoms with Gasteiger partial charge < -0.3 is 5.11 Å². The highest BCUT2D eigenvalue weighted by molar-refractivity contribution is 6.05. The van der Waals surface area contributed by atoms with E-state index in [0.29, 0.717) is 5.57 Å². The maximum absolute atomic E-state index is 11.2. The number of hydrogen-bond donors (Lipinski definition) is 1. The molecule has 0 bridgehead atoms. The number of carboxylic acids is 1. The number of benzene rings is 2. The summed E-state index contributed by atoms with van der Waals surface area (Å²) in [6.07, 6.45) is 1.73. The van der Waals surface area contributed by atoms with E-state index in [0.717, 1.165) is 32.9 Å². The standard InChI is InChI=1S/C18H15NO2/c1-11-7-8-17-15(9-11)14(10-12(2)18(20)21)13-5-3-4-6-16(13)19-17/h3-10H,1-2H3,(H,20,21)/b12-10+. The zero-order chi connectivity index (χ0) is 15.0. The lowest BCUT2D eigenvalue weighted by molar-refractivity contribution is -0.132. The molecule has 0 unspecified atom stereocenters. The Morgan fingerprint density at radius 2 is 1.81 bits per heavy atom. The van der Waals surface area contributed by atoms with Crippen LogP contribution in [0, 0.1) is 6.92 Å². The highest BCUT2D eigenvalue weighted by Crippen LogP contribution is 2.28. The Hall–Kier alpha value is -2.68. The summed E-state index contributed by atoms with van der Waals surface area (Å²) in [5.41, 5.74) is 4.11. The Labute approximate surface area is 122 Å². The van der Waals surface area contributed by atoms with Crippen molar-refractivity contribution in [1.82, 2.24) is 4.98 Å². The minimum atomic E-state index is -0.906. The summed E-state index contributed by atoms with van der Waals surface area (Å²) in [5, 5.41) is 11.1. The molecule has 0 atom stereocenters. The van der Waals surface area contributed by atoms with Crippen molar-refractivity contribution in [3.8, 4) is 0 Å². The SMILES string of the molecule is C/C(=C\c1c2ccccc2nc2ccc(C)cc12)C(=O)O. The maximum atomic E-state index is 11.2. The molecule has 0 radical (unpaired) electrons. The van der Waals surface area contributed by atoms with E-state index in [2.05, 4.69) is 11.1 Å². The summed E-state index contributed by atoms with van der Waals surface area (Å²) in [4.78, 5) is 15.8. The lowest BCUT2D eigenvalue weighted by atomic mass is 9.99. The van der Waals surface area contributed by atoms with Crippen LogP contribution in [-0.4, -0.2) is 16.1 Å². The van der Waals surface area contributed by atoms with E-state index in [1.807, 2.05) is 43.3 Å². The number of rotatable bonds is 2. The van der Waals surface area contributed by atoms with Gasteiger partial charge in [-0.15, -0.1) is 0 Å². The Bertz CT molecular complexity index is 894. The molecular formula is C18H15NO2. The molecule has 2 aromatic carbocycles. The number of carboxylic acid groups (broad SMARTS) is 1. The first-order valence-electron chi connectivity index (χ1n) is 6.77. The van der Waals surface area contributed by atoms with E-state index in [1.54, 1.807) is 13.0 Å². The van der Waals surface area contributed by atoms with Crippen molar-refractivity contribution >= 4 is 33.9 Å². The molecule has 3 aromatic rings. The summed E-state index contributed by atoms with van der Waals surface area (Å²) >= 11 is 0. The minimum Gasteiger partial charge on any atom is -0.478 e. The largest absolute Gasteiger partial charge is 0.478 e. The number of aliphatic carboxylic acids is 1. The summed E-state index contributed by atoms with van der Waals surface area (Å²) < 4.78 is 0. The van der Waals surface area contributed by atoms with Crippen LogP contribution in [0.2, 0.25) is 0 Å². The lowest BCUT2D eigenvalue weighted by Crippen LogP contribution is -1.96. The van der Waals surface area contributed by atoms with Crippen molar-refractivity contribution in [1.29, 1.82) is 0 Å². The molecule has 1 heterocycles. The molecule has 3 rings (SSSR count). The third kappa shape index (κ3) is 2.38. The van der Waals surface area contributed by atoms with Gasteiger partial charge in [-0.1, -0.05) is 29.8 Å². The van der Waals surface area contributed by atoms with Gasteiger partial charge in [-0.2, -0.15) is 0 Å². The number of aryl methyl sites for hydroxylation is 1. The monoisotopic (exact) mass is 277 g/mol. The van der Waals surface area contributed by atoms with Gasteiger partial charge in [-0.05, 0) is 43.7 Å². The predicted molar refractivity (Wildman–Crippen MR) is 85.3 cm³/mol. The van der Waals surface area contributed by atoms with Gasteiger partial charge in [-0.25, -0.2) is 9.78 Å². The van der Waals surface area contributed by atoms with Crippen LogP contribution in [-0.2, 0) is 4.79 Å². The number of fused-ring (bicyclic) bond motifs is 2. The lowest BCUT2D eigenvalue weighted by Gasteiger charge is -2.09. The van der Waals surface area contributed by atoms with Gasteiger partial charge in [0.15, 0.2) is 0 Å². The number of hydrogen-bond acceptors (Lipinski definition) is 2. The van der Waals surface area contributed by atoms with Crippen LogP contribution in [0.4, 0.5) is 0 Å². The van der Waals surface area contributed by atoms with Gasteiger partial charge in [0.1, 0.15) is 0 Å². The molecule has 104 valence electrons. The molecular weight excluding hydrogens is 262 g/mol. The van der Waals surface area contributed by atoms with Crippen LogP contribution in [0.5, 0.6) is 0 Å². The molecule has 0 saturated heterocycles. The number of pyridine rings is 1. The highest BCUT2D eigenvalue weighted by Gasteiger charge is 2.09. The van der Waals surface area contributed by atoms with Crippen LogP contribution in [0.15, 0.2) is 48.0 Å². The fourth-order valence-electron chi connectivity index (χ4n) is 2.47. The molecule has 0 amide bonds. The van der Waals surface area contributed by atoms with Gasteiger partial charge in [0.05, 0.1) is 11.0 Å². The molecule has 1 N–H and O–H groups in total. The van der Waals surface area contributed by atoms with Gasteiger partial charge in [-0.3, -0.25) is 0 Å². The molecule has 0 aliphatic rings. The van der Waals surface area contributed by atoms with Crippen molar-refractivity contribution in [3.63, 3.8) is 0 Å². The number of para-hydroxylation sites is 1. The second kappa shape index (κ2) is 5.02. The van der Waals surface area contributed by atoms with E-state index in [1.165, 1.54) is 0 Å². The smallest absolute Gasteiger partial charge is 0.331 e. The summed E-state index contributed by atoms with van der Waals surface area (Å²) in [7, 11) is 0. The number of carbonyl (C=O) groups is 1. The van der Waals surface area contributed by atoms with E-state index in [9.17, 15) is 4.79 Å². The zero-order valence-electron chi connectivity index (χ0n) is 11.9. The highest BCUT2D eigenvalue weighted by atomic mass is 16.4. The predicted octanol–water partition coefficient (Wildman–Crippen LogP) is 4.18. The first-order valence-corrected chi connectivity index (χ1v) is 6.77. The van der Waals surface area contributed by atoms with Crippen molar-refractivity contribution in [2.24, 2.45) is 0 Å². The minimum absolute atomic E-state index is 0.314. The molecule has 21 heavy (non-hydrogen) atoms. The van der Waals surface area contributed by atoms with E-state index < -0.39 is 5.97 Å². The van der Waals surface area contributed by atoms with Crippen LogP contribution in [0.25, 0.3) is 27.9 Å². The number of nitrogens with zero attached hydrogens (tertiary/aromatic N) is 1. The Balaban J connectivity index is 2.47. The average molecular weight is 277 g/mol. The second-order valence-electron chi connectivity index (χ2n) is 5.20. The number of aromatic nitrogens is 1. The molecule has 0 saturated carbocycles. The first kappa shape index (κ1) is 13.3. The maximum Gasteiger partial charge on any atom is 0.331 e. The van der Waals surface area contributed by atoms with Crippen molar-refractivity contribution in [2.75, 3.05) is 0 Å². The van der Waals surface area contributed by atoms with Gasteiger partial charge in [0.25, 0.3) is 0 Å². The average Bonchev–Trinajstić information content (AvgIpc) is 2.47. The fourth-order valence-corrected chi connectivity index (χ4v) is 2.47. The third-order valence-electron chi connectivity index (χ3n) is 3.58. The van der Waals surface area contributed by atoms with Crippen LogP contribution >= 0.6 is 0 Å². The van der Waals surface area contributed by atoms with Crippen molar-refractivity contribution < 1.29 is 9.90 Å². The zero-order valence-corrected chi connectivity index (χ0v) is 11.9. The van der Waals surface area contributed by atoms with Crippen molar-refractivity contribution in [3.05, 3.63) is 59.2 Å². The van der Waals surface area contributed by atoms with E-state index in [-0.39, 0.29) is 0 Å². The van der Waals surface area contributed by atoms with E-state index >= 15 is 0 Å². The van der Waals surface area contributed by atoms with Crippen LogP contribution in [0.1, 0.15) is 18.1 Å². The second-order valence-corrected chi connectivity index (χ2v) is 5.20. The normalized spacial score (nSPS) is 12.0. The van der Waals surface area contributed by atoms with Gasteiger partial charge in [0, 0.05) is 16.3 Å². The molecule has 0 aliphatic carbocycles. The molecule has 0 fully saturated rings. The summed E-state index contributed by atoms with van der Waals surface area (Å²) in [6, 6.07) is 13.8. The Morgan fingerprint density at radius 1 is 1.10 bits per heavy atom. The fraction of sp³-hybridized carbons (Fsp3) is 0.111. The Morgan fingerprint density at radius 3 is 2.57 bits per heavy atom.